The van der Waals surface area contributed by atoms with Gasteiger partial charge in [0.15, 0.2) is 0 Å². The molecule has 2 rings (SSSR count). The van der Waals surface area contributed by atoms with Crippen LogP contribution in [0.1, 0.15) is 0 Å². The SMILES string of the molecule is CNc1ccc(Oc2ncccc2Br)cc1. The minimum atomic E-state index is 0.569. The summed E-state index contributed by atoms with van der Waals surface area (Å²) in [6, 6.07) is 11.4. The zero-order chi connectivity index (χ0) is 11.4. The van der Waals surface area contributed by atoms with Crippen LogP contribution in [-0.4, -0.2) is 12.0 Å². The number of halogens is 1. The van der Waals surface area contributed by atoms with Gasteiger partial charge in [-0.15, -0.1) is 0 Å². The Hall–Kier alpha value is -1.55. The van der Waals surface area contributed by atoms with Crippen LogP contribution in [0.15, 0.2) is 47.1 Å². The fourth-order valence-corrected chi connectivity index (χ4v) is 1.58. The van der Waals surface area contributed by atoms with Gasteiger partial charge in [-0.1, -0.05) is 0 Å². The Morgan fingerprint density at radius 1 is 1.19 bits per heavy atom. The lowest BCUT2D eigenvalue weighted by Gasteiger charge is -2.06. The number of nitrogens with one attached hydrogen (secondary N) is 1. The summed E-state index contributed by atoms with van der Waals surface area (Å²) in [6.07, 6.45) is 1.70. The summed E-state index contributed by atoms with van der Waals surface area (Å²) in [5.74, 6) is 1.33. The van der Waals surface area contributed by atoms with Gasteiger partial charge >= 0.3 is 0 Å². The van der Waals surface area contributed by atoms with Crippen LogP contribution >= 0.6 is 15.9 Å². The number of anilines is 1. The van der Waals surface area contributed by atoms with Crippen molar-refractivity contribution in [3.8, 4) is 11.6 Å². The van der Waals surface area contributed by atoms with Gasteiger partial charge in [0.2, 0.25) is 5.88 Å². The van der Waals surface area contributed by atoms with Gasteiger partial charge in [0.05, 0.1) is 4.47 Å². The van der Waals surface area contributed by atoms with E-state index in [2.05, 4.69) is 26.2 Å². The van der Waals surface area contributed by atoms with E-state index in [9.17, 15) is 0 Å². The fourth-order valence-electron chi connectivity index (χ4n) is 1.25. The number of hydrogen-bond donors (Lipinski definition) is 1. The molecule has 1 heterocycles. The second kappa shape index (κ2) is 4.99. The van der Waals surface area contributed by atoms with Crippen LogP contribution in [0.25, 0.3) is 0 Å². The highest BCUT2D eigenvalue weighted by Crippen LogP contribution is 2.27. The molecule has 1 N–H and O–H groups in total. The Morgan fingerprint density at radius 2 is 1.94 bits per heavy atom. The van der Waals surface area contributed by atoms with E-state index in [4.69, 9.17) is 4.74 Å². The van der Waals surface area contributed by atoms with Crippen molar-refractivity contribution in [3.63, 3.8) is 0 Å². The summed E-state index contributed by atoms with van der Waals surface area (Å²) in [6.45, 7) is 0. The van der Waals surface area contributed by atoms with Gasteiger partial charge in [-0.25, -0.2) is 4.98 Å². The molecule has 1 aromatic carbocycles. The fraction of sp³-hybridized carbons (Fsp3) is 0.0833. The van der Waals surface area contributed by atoms with Gasteiger partial charge in [0.1, 0.15) is 5.75 Å². The smallest absolute Gasteiger partial charge is 0.233 e. The molecule has 0 amide bonds. The normalized spacial score (nSPS) is 9.88. The lowest BCUT2D eigenvalue weighted by atomic mass is 10.3. The van der Waals surface area contributed by atoms with Crippen LogP contribution in [0.4, 0.5) is 5.69 Å². The van der Waals surface area contributed by atoms with Crippen molar-refractivity contribution in [2.75, 3.05) is 12.4 Å². The zero-order valence-corrected chi connectivity index (χ0v) is 10.4. The molecule has 0 aliphatic heterocycles. The summed E-state index contributed by atoms with van der Waals surface area (Å²) in [7, 11) is 1.88. The van der Waals surface area contributed by atoms with E-state index in [1.165, 1.54) is 0 Å². The number of rotatable bonds is 3. The summed E-state index contributed by atoms with van der Waals surface area (Å²) in [5, 5.41) is 3.05. The molecule has 0 unspecified atom stereocenters. The number of nitrogens with zero attached hydrogens (tertiary/aromatic N) is 1. The lowest BCUT2D eigenvalue weighted by molar-refractivity contribution is 0.460. The van der Waals surface area contributed by atoms with Crippen molar-refractivity contribution in [1.82, 2.24) is 4.98 Å². The molecule has 0 fully saturated rings. The third-order valence-corrected chi connectivity index (χ3v) is 2.69. The summed E-state index contributed by atoms with van der Waals surface area (Å²) in [5.41, 5.74) is 1.05. The minimum absolute atomic E-state index is 0.569. The molecule has 2 aromatic rings. The first-order valence-electron chi connectivity index (χ1n) is 4.86. The Morgan fingerprint density at radius 3 is 2.56 bits per heavy atom. The Balaban J connectivity index is 2.18. The topological polar surface area (TPSA) is 34.1 Å². The molecule has 0 radical (unpaired) electrons. The Bertz CT molecular complexity index is 471. The highest BCUT2D eigenvalue weighted by atomic mass is 79.9. The molecule has 0 bridgehead atoms. The maximum atomic E-state index is 5.62. The van der Waals surface area contributed by atoms with Crippen molar-refractivity contribution in [2.45, 2.75) is 0 Å². The molecule has 0 spiro atoms. The molecule has 0 atom stereocenters. The highest BCUT2D eigenvalue weighted by molar-refractivity contribution is 9.10. The van der Waals surface area contributed by atoms with E-state index < -0.39 is 0 Å². The molecule has 1 aromatic heterocycles. The molecular weight excluding hydrogens is 268 g/mol. The van der Waals surface area contributed by atoms with Gasteiger partial charge < -0.3 is 10.1 Å². The molecule has 3 nitrogen and oxygen atoms in total. The first-order chi connectivity index (χ1) is 7.79. The van der Waals surface area contributed by atoms with Crippen molar-refractivity contribution >= 4 is 21.6 Å². The molecule has 0 saturated heterocycles. The summed E-state index contributed by atoms with van der Waals surface area (Å²) < 4.78 is 6.46. The maximum absolute atomic E-state index is 5.62. The van der Waals surface area contributed by atoms with Crippen molar-refractivity contribution in [3.05, 3.63) is 47.1 Å². The maximum Gasteiger partial charge on any atom is 0.233 e. The van der Waals surface area contributed by atoms with E-state index in [1.54, 1.807) is 6.20 Å². The van der Waals surface area contributed by atoms with Gasteiger partial charge in [-0.05, 0) is 52.3 Å². The average molecular weight is 279 g/mol. The first kappa shape index (κ1) is 11.0. The molecule has 16 heavy (non-hydrogen) atoms. The van der Waals surface area contributed by atoms with E-state index in [0.29, 0.717) is 5.88 Å². The van der Waals surface area contributed by atoms with Crippen molar-refractivity contribution in [2.24, 2.45) is 0 Å². The molecule has 0 aliphatic carbocycles. The van der Waals surface area contributed by atoms with E-state index in [-0.39, 0.29) is 0 Å². The first-order valence-corrected chi connectivity index (χ1v) is 5.65. The molecular formula is C12H11BrN2O. The molecule has 82 valence electrons. The monoisotopic (exact) mass is 278 g/mol. The zero-order valence-electron chi connectivity index (χ0n) is 8.77. The highest BCUT2D eigenvalue weighted by Gasteiger charge is 2.02. The largest absolute Gasteiger partial charge is 0.438 e. The second-order valence-electron chi connectivity index (χ2n) is 3.17. The Labute approximate surface area is 103 Å². The quantitative estimate of drug-likeness (QED) is 0.930. The summed E-state index contributed by atoms with van der Waals surface area (Å²) in [4.78, 5) is 4.13. The number of benzene rings is 1. The molecule has 0 aliphatic rings. The van der Waals surface area contributed by atoms with Crippen LogP contribution in [-0.2, 0) is 0 Å². The summed E-state index contributed by atoms with van der Waals surface area (Å²) >= 11 is 3.38. The lowest BCUT2D eigenvalue weighted by Crippen LogP contribution is -1.90. The third-order valence-electron chi connectivity index (χ3n) is 2.08. The van der Waals surface area contributed by atoms with Crippen LogP contribution in [0, 0.1) is 0 Å². The molecule has 0 saturated carbocycles. The molecule has 4 heteroatoms. The van der Waals surface area contributed by atoms with Gasteiger partial charge in [-0.2, -0.15) is 0 Å². The number of ether oxygens (including phenoxy) is 1. The minimum Gasteiger partial charge on any atom is -0.438 e. The van der Waals surface area contributed by atoms with Crippen LogP contribution < -0.4 is 10.1 Å². The van der Waals surface area contributed by atoms with Crippen LogP contribution in [0.3, 0.4) is 0 Å². The number of hydrogen-bond acceptors (Lipinski definition) is 3. The van der Waals surface area contributed by atoms with Gasteiger partial charge in [0, 0.05) is 18.9 Å². The van der Waals surface area contributed by atoms with E-state index >= 15 is 0 Å². The van der Waals surface area contributed by atoms with Gasteiger partial charge in [0.25, 0.3) is 0 Å². The third kappa shape index (κ3) is 2.52. The van der Waals surface area contributed by atoms with Crippen LogP contribution in [0.5, 0.6) is 11.6 Å². The Kier molecular flexibility index (Phi) is 3.41. The predicted molar refractivity (Wildman–Crippen MR) is 68.0 cm³/mol. The van der Waals surface area contributed by atoms with Crippen LogP contribution in [0.2, 0.25) is 0 Å². The van der Waals surface area contributed by atoms with E-state index in [0.717, 1.165) is 15.9 Å². The average Bonchev–Trinajstić information content (AvgIpc) is 2.33. The van der Waals surface area contributed by atoms with E-state index in [1.807, 2.05) is 43.4 Å². The van der Waals surface area contributed by atoms with Crippen molar-refractivity contribution in [1.29, 1.82) is 0 Å². The number of aromatic nitrogens is 1. The number of pyridine rings is 1. The second-order valence-corrected chi connectivity index (χ2v) is 4.02. The van der Waals surface area contributed by atoms with Gasteiger partial charge in [-0.3, -0.25) is 0 Å². The predicted octanol–water partition coefficient (Wildman–Crippen LogP) is 3.68. The standard InChI is InChI=1S/C12H11BrN2O/c1-14-9-4-6-10(7-5-9)16-12-11(13)3-2-8-15-12/h2-8,14H,1H3. The van der Waals surface area contributed by atoms with Crippen molar-refractivity contribution < 1.29 is 4.74 Å².